The second-order valence-corrected chi connectivity index (χ2v) is 7.42. The highest BCUT2D eigenvalue weighted by Crippen LogP contribution is 2.22. The Balaban J connectivity index is 1.62. The second kappa shape index (κ2) is 9.34. The highest BCUT2D eigenvalue weighted by atomic mass is 79.9. The van der Waals surface area contributed by atoms with E-state index in [0.29, 0.717) is 0 Å². The van der Waals surface area contributed by atoms with Crippen LogP contribution in [0.4, 0.5) is 0 Å². The average molecular weight is 453 g/mol. The summed E-state index contributed by atoms with van der Waals surface area (Å²) < 4.78 is 3.09. The number of hydrogen-bond acceptors (Lipinski definition) is 3. The summed E-state index contributed by atoms with van der Waals surface area (Å²) in [6.07, 6.45) is 1.54. The summed E-state index contributed by atoms with van der Waals surface area (Å²) in [5, 5.41) is 6.50. The molecule has 0 aliphatic heterocycles. The fourth-order valence-electron chi connectivity index (χ4n) is 3.00. The van der Waals surface area contributed by atoms with Gasteiger partial charge in [-0.3, -0.25) is 9.59 Å². The summed E-state index contributed by atoms with van der Waals surface area (Å²) in [6.45, 7) is 4.26. The first-order valence-electron chi connectivity index (χ1n) is 9.06. The van der Waals surface area contributed by atoms with Gasteiger partial charge in [0.15, 0.2) is 0 Å². The lowest BCUT2D eigenvalue weighted by Crippen LogP contribution is -2.37. The smallest absolute Gasteiger partial charge is 0.329 e. The van der Waals surface area contributed by atoms with Crippen LogP contribution in [-0.4, -0.2) is 22.6 Å². The van der Waals surface area contributed by atoms with Gasteiger partial charge in [0.05, 0.1) is 6.21 Å². The Hall–Kier alpha value is -3.19. The van der Waals surface area contributed by atoms with Crippen LogP contribution in [0.25, 0.3) is 5.69 Å². The van der Waals surface area contributed by atoms with Crippen LogP contribution in [0.1, 0.15) is 22.5 Å². The van der Waals surface area contributed by atoms with E-state index in [9.17, 15) is 9.59 Å². The first-order chi connectivity index (χ1) is 14.0. The molecule has 2 N–H and O–H groups in total. The zero-order valence-corrected chi connectivity index (χ0v) is 17.7. The molecule has 6 nitrogen and oxygen atoms in total. The monoisotopic (exact) mass is 452 g/mol. The van der Waals surface area contributed by atoms with Crippen LogP contribution in [0.15, 0.2) is 70.2 Å². The van der Waals surface area contributed by atoms with E-state index in [1.165, 1.54) is 0 Å². The number of aryl methyl sites for hydroxylation is 1. The number of hydrogen-bond donors (Lipinski definition) is 2. The highest BCUT2D eigenvalue weighted by Gasteiger charge is 2.13. The van der Waals surface area contributed by atoms with Gasteiger partial charge in [0.2, 0.25) is 0 Å². The first kappa shape index (κ1) is 20.5. The number of carbonyl (C=O) groups excluding carboxylic acids is 2. The topological polar surface area (TPSA) is 75.5 Å². The minimum absolute atomic E-state index is 0.282. The van der Waals surface area contributed by atoms with E-state index in [1.807, 2.05) is 74.5 Å². The van der Waals surface area contributed by atoms with Crippen molar-refractivity contribution < 1.29 is 9.59 Å². The minimum Gasteiger partial charge on any atom is -0.344 e. The maximum absolute atomic E-state index is 11.9. The van der Waals surface area contributed by atoms with Crippen LogP contribution in [0.3, 0.4) is 0 Å². The van der Waals surface area contributed by atoms with E-state index in [-0.39, 0.29) is 6.54 Å². The van der Waals surface area contributed by atoms with Gasteiger partial charge in [-0.1, -0.05) is 52.3 Å². The molecule has 1 aromatic heterocycles. The zero-order chi connectivity index (χ0) is 20.8. The number of rotatable bonds is 5. The number of carbonyl (C=O) groups is 2. The molecule has 0 unspecified atom stereocenters. The van der Waals surface area contributed by atoms with Crippen LogP contribution < -0.4 is 10.7 Å². The van der Waals surface area contributed by atoms with Crippen molar-refractivity contribution in [1.82, 2.24) is 15.3 Å². The minimum atomic E-state index is -0.807. The summed E-state index contributed by atoms with van der Waals surface area (Å²) in [7, 11) is 0. The van der Waals surface area contributed by atoms with Crippen molar-refractivity contribution >= 4 is 34.0 Å². The molecular formula is C22H21BrN4O2. The molecule has 2 amide bonds. The van der Waals surface area contributed by atoms with Gasteiger partial charge in [-0.25, -0.2) is 5.43 Å². The van der Waals surface area contributed by atoms with E-state index < -0.39 is 11.8 Å². The van der Waals surface area contributed by atoms with Gasteiger partial charge >= 0.3 is 11.8 Å². The third-order valence-electron chi connectivity index (χ3n) is 4.41. The molecule has 0 fully saturated rings. The summed E-state index contributed by atoms with van der Waals surface area (Å²) in [5.41, 5.74) is 7.08. The summed E-state index contributed by atoms with van der Waals surface area (Å²) >= 11 is 3.49. The predicted molar refractivity (Wildman–Crippen MR) is 117 cm³/mol. The molecule has 3 aromatic rings. The molecule has 0 saturated carbocycles. The highest BCUT2D eigenvalue weighted by molar-refractivity contribution is 9.10. The molecule has 148 valence electrons. The second-order valence-electron chi connectivity index (χ2n) is 6.51. The molecule has 0 aliphatic rings. The van der Waals surface area contributed by atoms with Gasteiger partial charge < -0.3 is 9.88 Å². The van der Waals surface area contributed by atoms with Crippen molar-refractivity contribution in [2.45, 2.75) is 20.4 Å². The zero-order valence-electron chi connectivity index (χ0n) is 16.1. The lowest BCUT2D eigenvalue weighted by Gasteiger charge is -2.09. The average Bonchev–Trinajstić information content (AvgIpc) is 3.00. The molecule has 0 saturated heterocycles. The molecule has 7 heteroatoms. The van der Waals surface area contributed by atoms with Crippen molar-refractivity contribution in [3.05, 3.63) is 87.7 Å². The van der Waals surface area contributed by atoms with Gasteiger partial charge in [0.25, 0.3) is 0 Å². The molecule has 3 rings (SSSR count). The predicted octanol–water partition coefficient (Wildman–Crippen LogP) is 3.62. The third kappa shape index (κ3) is 5.20. The maximum atomic E-state index is 11.9. The Kier molecular flexibility index (Phi) is 6.61. The van der Waals surface area contributed by atoms with Gasteiger partial charge in [0, 0.05) is 33.7 Å². The van der Waals surface area contributed by atoms with Crippen LogP contribution >= 0.6 is 15.9 Å². The van der Waals surface area contributed by atoms with E-state index in [0.717, 1.165) is 32.7 Å². The third-order valence-corrected chi connectivity index (χ3v) is 4.90. The number of nitrogens with zero attached hydrogens (tertiary/aromatic N) is 2. The molecule has 0 aliphatic carbocycles. The van der Waals surface area contributed by atoms with Crippen molar-refractivity contribution in [3.63, 3.8) is 0 Å². The molecule has 0 atom stereocenters. The Morgan fingerprint density at radius 1 is 1.03 bits per heavy atom. The largest absolute Gasteiger partial charge is 0.344 e. The van der Waals surface area contributed by atoms with Crippen molar-refractivity contribution in [2.24, 2.45) is 5.10 Å². The summed E-state index contributed by atoms with van der Waals surface area (Å²) in [6, 6.07) is 19.3. The standard InChI is InChI=1S/C22H21BrN4O2/c1-15-11-18(16(2)27(15)20-10-6-9-19(23)12-20)14-25-26-22(29)21(28)24-13-17-7-4-3-5-8-17/h3-12,14H,13H2,1-2H3,(H,24,28)(H,26,29)/b25-14-. The molecule has 29 heavy (non-hydrogen) atoms. The number of nitrogens with one attached hydrogen (secondary N) is 2. The Morgan fingerprint density at radius 2 is 1.79 bits per heavy atom. The quantitative estimate of drug-likeness (QED) is 0.352. The first-order valence-corrected chi connectivity index (χ1v) is 9.85. The normalized spacial score (nSPS) is 10.9. The van der Waals surface area contributed by atoms with Crippen molar-refractivity contribution in [2.75, 3.05) is 0 Å². The Labute approximate surface area is 177 Å². The number of amides is 2. The van der Waals surface area contributed by atoms with E-state index in [1.54, 1.807) is 6.21 Å². The van der Waals surface area contributed by atoms with Gasteiger partial charge in [-0.2, -0.15) is 5.10 Å². The molecule has 0 spiro atoms. The SMILES string of the molecule is Cc1cc(/C=N\NC(=O)C(=O)NCc2ccccc2)c(C)n1-c1cccc(Br)c1. The van der Waals surface area contributed by atoms with Gasteiger partial charge in [-0.05, 0) is 43.7 Å². The number of benzene rings is 2. The number of aromatic nitrogens is 1. The molecule has 0 radical (unpaired) electrons. The lowest BCUT2D eigenvalue weighted by molar-refractivity contribution is -0.139. The Morgan fingerprint density at radius 3 is 2.52 bits per heavy atom. The molecule has 0 bridgehead atoms. The van der Waals surface area contributed by atoms with E-state index in [2.05, 4.69) is 36.3 Å². The fourth-order valence-corrected chi connectivity index (χ4v) is 3.39. The van der Waals surface area contributed by atoms with Crippen LogP contribution in [0, 0.1) is 13.8 Å². The van der Waals surface area contributed by atoms with Crippen molar-refractivity contribution in [1.29, 1.82) is 0 Å². The molecule has 2 aromatic carbocycles. The number of hydrazone groups is 1. The number of halogens is 1. The molecule has 1 heterocycles. The van der Waals surface area contributed by atoms with E-state index >= 15 is 0 Å². The van der Waals surface area contributed by atoms with Gasteiger partial charge in [-0.15, -0.1) is 0 Å². The van der Waals surface area contributed by atoms with Gasteiger partial charge in [0.1, 0.15) is 0 Å². The Bertz CT molecular complexity index is 1060. The van der Waals surface area contributed by atoms with Crippen LogP contribution in [-0.2, 0) is 16.1 Å². The maximum Gasteiger partial charge on any atom is 0.329 e. The van der Waals surface area contributed by atoms with Crippen LogP contribution in [0.5, 0.6) is 0 Å². The van der Waals surface area contributed by atoms with Crippen LogP contribution in [0.2, 0.25) is 0 Å². The fraction of sp³-hybridized carbons (Fsp3) is 0.136. The molecular weight excluding hydrogens is 432 g/mol. The van der Waals surface area contributed by atoms with E-state index in [4.69, 9.17) is 0 Å². The summed E-state index contributed by atoms with van der Waals surface area (Å²) in [4.78, 5) is 23.8. The summed E-state index contributed by atoms with van der Waals surface area (Å²) in [5.74, 6) is -1.54. The lowest BCUT2D eigenvalue weighted by atomic mass is 10.2. The van der Waals surface area contributed by atoms with Crippen molar-refractivity contribution in [3.8, 4) is 5.69 Å².